The van der Waals surface area contributed by atoms with Gasteiger partial charge in [-0.15, -0.1) is 0 Å². The zero-order valence-electron chi connectivity index (χ0n) is 10.8. The van der Waals surface area contributed by atoms with Crippen LogP contribution in [0.3, 0.4) is 0 Å². The summed E-state index contributed by atoms with van der Waals surface area (Å²) in [4.78, 5) is 14.2. The van der Waals surface area contributed by atoms with Crippen molar-refractivity contribution in [2.45, 2.75) is 13.5 Å². The van der Waals surface area contributed by atoms with Crippen molar-refractivity contribution in [3.05, 3.63) is 53.5 Å². The number of amides is 1. The first-order valence-electron chi connectivity index (χ1n) is 6.41. The second-order valence-electron chi connectivity index (χ2n) is 4.70. The second kappa shape index (κ2) is 4.80. The molecule has 3 rings (SSSR count). The maximum absolute atomic E-state index is 12.0. The van der Waals surface area contributed by atoms with Gasteiger partial charge in [0.25, 0.3) is 5.91 Å². The molecule has 1 aromatic heterocycles. The Balaban J connectivity index is 1.95. The van der Waals surface area contributed by atoms with E-state index >= 15 is 0 Å². The molecule has 2 aromatic rings. The third-order valence-electron chi connectivity index (χ3n) is 3.48. The summed E-state index contributed by atoms with van der Waals surface area (Å²) in [7, 11) is 0. The number of furan rings is 1. The largest absolute Gasteiger partial charge is 0.469 e. The van der Waals surface area contributed by atoms with Crippen LogP contribution in [-0.2, 0) is 6.54 Å². The molecule has 0 radical (unpaired) electrons. The molecule has 0 spiro atoms. The van der Waals surface area contributed by atoms with Gasteiger partial charge in [-0.05, 0) is 25.1 Å². The summed E-state index contributed by atoms with van der Waals surface area (Å²) in [6.07, 6.45) is 1.71. The van der Waals surface area contributed by atoms with Crippen LogP contribution < -0.4 is 10.2 Å². The van der Waals surface area contributed by atoms with Crippen LogP contribution in [0.15, 0.2) is 41.0 Å². The lowest BCUT2D eigenvalue weighted by molar-refractivity contribution is 0.0958. The summed E-state index contributed by atoms with van der Waals surface area (Å²) in [6.45, 7) is 4.18. The van der Waals surface area contributed by atoms with Crippen molar-refractivity contribution >= 4 is 11.6 Å². The molecule has 0 saturated carbocycles. The van der Waals surface area contributed by atoms with Gasteiger partial charge in [0.05, 0.1) is 11.8 Å². The molecule has 1 aliphatic rings. The Labute approximate surface area is 112 Å². The Morgan fingerprint density at radius 2 is 2.16 bits per heavy atom. The number of para-hydroxylation sites is 1. The van der Waals surface area contributed by atoms with Gasteiger partial charge in [0.15, 0.2) is 0 Å². The first kappa shape index (κ1) is 11.8. The minimum Gasteiger partial charge on any atom is -0.469 e. The van der Waals surface area contributed by atoms with Crippen LogP contribution >= 0.6 is 0 Å². The Bertz CT molecular complexity index is 604. The van der Waals surface area contributed by atoms with E-state index in [2.05, 4.69) is 10.2 Å². The van der Waals surface area contributed by atoms with Gasteiger partial charge >= 0.3 is 0 Å². The molecule has 1 amide bonds. The van der Waals surface area contributed by atoms with Crippen molar-refractivity contribution in [3.8, 4) is 0 Å². The second-order valence-corrected chi connectivity index (χ2v) is 4.70. The van der Waals surface area contributed by atoms with E-state index in [1.54, 1.807) is 6.26 Å². The van der Waals surface area contributed by atoms with Crippen LogP contribution in [0.2, 0.25) is 0 Å². The third-order valence-corrected chi connectivity index (χ3v) is 3.48. The highest BCUT2D eigenvalue weighted by atomic mass is 16.3. The highest BCUT2D eigenvalue weighted by molar-refractivity contribution is 6.00. The van der Waals surface area contributed by atoms with Crippen LogP contribution in [0.1, 0.15) is 21.7 Å². The molecule has 1 aliphatic heterocycles. The fourth-order valence-electron chi connectivity index (χ4n) is 2.41. The van der Waals surface area contributed by atoms with Crippen molar-refractivity contribution in [2.24, 2.45) is 0 Å². The van der Waals surface area contributed by atoms with Crippen molar-refractivity contribution in [1.82, 2.24) is 5.32 Å². The molecule has 1 N–H and O–H groups in total. The van der Waals surface area contributed by atoms with Crippen LogP contribution in [-0.4, -0.2) is 19.0 Å². The molecule has 0 bridgehead atoms. The lowest BCUT2D eigenvalue weighted by Crippen LogP contribution is -2.29. The standard InChI is InChI=1S/C15H16N2O2/c1-11-12(6-9-19-11)10-17-8-7-16-15(18)13-4-2-3-5-14(13)17/h2-6,9H,7-8,10H2,1H3,(H,16,18). The van der Waals surface area contributed by atoms with Crippen LogP contribution in [0, 0.1) is 6.92 Å². The number of hydrogen-bond donors (Lipinski definition) is 1. The van der Waals surface area contributed by atoms with E-state index in [4.69, 9.17) is 4.42 Å². The zero-order valence-corrected chi connectivity index (χ0v) is 10.8. The molecule has 4 heteroatoms. The monoisotopic (exact) mass is 256 g/mol. The SMILES string of the molecule is Cc1occc1CN1CCNC(=O)c2ccccc21. The number of nitrogens with zero attached hydrogens (tertiary/aromatic N) is 1. The molecular weight excluding hydrogens is 240 g/mol. The lowest BCUT2D eigenvalue weighted by Gasteiger charge is -2.23. The number of carbonyl (C=O) groups is 1. The highest BCUT2D eigenvalue weighted by Crippen LogP contribution is 2.24. The minimum absolute atomic E-state index is 0.00187. The maximum Gasteiger partial charge on any atom is 0.253 e. The molecule has 0 atom stereocenters. The first-order valence-corrected chi connectivity index (χ1v) is 6.41. The molecule has 1 aromatic carbocycles. The minimum atomic E-state index is 0.00187. The number of rotatable bonds is 2. The maximum atomic E-state index is 12.0. The number of nitrogens with one attached hydrogen (secondary N) is 1. The van der Waals surface area contributed by atoms with Gasteiger partial charge in [0, 0.05) is 30.9 Å². The van der Waals surface area contributed by atoms with Crippen LogP contribution in [0.5, 0.6) is 0 Å². The van der Waals surface area contributed by atoms with Crippen molar-refractivity contribution in [1.29, 1.82) is 0 Å². The van der Waals surface area contributed by atoms with E-state index in [1.165, 1.54) is 0 Å². The van der Waals surface area contributed by atoms with Gasteiger partial charge in [-0.1, -0.05) is 12.1 Å². The average molecular weight is 256 g/mol. The Morgan fingerprint density at radius 1 is 1.32 bits per heavy atom. The Morgan fingerprint density at radius 3 is 2.95 bits per heavy atom. The van der Waals surface area contributed by atoms with E-state index in [0.717, 1.165) is 35.7 Å². The number of benzene rings is 1. The molecule has 0 fully saturated rings. The number of aryl methyl sites for hydroxylation is 1. The predicted molar refractivity (Wildman–Crippen MR) is 73.3 cm³/mol. The van der Waals surface area contributed by atoms with Crippen LogP contribution in [0.25, 0.3) is 0 Å². The summed E-state index contributed by atoms with van der Waals surface area (Å²) < 4.78 is 5.34. The lowest BCUT2D eigenvalue weighted by atomic mass is 10.1. The smallest absolute Gasteiger partial charge is 0.253 e. The number of anilines is 1. The number of hydrogen-bond acceptors (Lipinski definition) is 3. The molecular formula is C15H16N2O2. The van der Waals surface area contributed by atoms with E-state index in [9.17, 15) is 4.79 Å². The van der Waals surface area contributed by atoms with Gasteiger partial charge in [-0.25, -0.2) is 0 Å². The summed E-state index contributed by atoms with van der Waals surface area (Å²) >= 11 is 0. The van der Waals surface area contributed by atoms with Crippen molar-refractivity contribution < 1.29 is 9.21 Å². The topological polar surface area (TPSA) is 45.5 Å². The van der Waals surface area contributed by atoms with E-state index in [-0.39, 0.29) is 5.91 Å². The van der Waals surface area contributed by atoms with Crippen LogP contribution in [0.4, 0.5) is 5.69 Å². The molecule has 98 valence electrons. The van der Waals surface area contributed by atoms with Gasteiger partial charge < -0.3 is 14.6 Å². The average Bonchev–Trinajstić information content (AvgIpc) is 2.75. The molecule has 19 heavy (non-hydrogen) atoms. The highest BCUT2D eigenvalue weighted by Gasteiger charge is 2.20. The van der Waals surface area contributed by atoms with Gasteiger partial charge in [-0.2, -0.15) is 0 Å². The summed E-state index contributed by atoms with van der Waals surface area (Å²) in [6, 6.07) is 9.70. The van der Waals surface area contributed by atoms with E-state index < -0.39 is 0 Å². The predicted octanol–water partition coefficient (Wildman–Crippen LogP) is 2.34. The Hall–Kier alpha value is -2.23. The van der Waals surface area contributed by atoms with Gasteiger partial charge in [-0.3, -0.25) is 4.79 Å². The molecule has 0 unspecified atom stereocenters. The number of carbonyl (C=O) groups excluding carboxylic acids is 1. The summed E-state index contributed by atoms with van der Waals surface area (Å²) in [5.74, 6) is 0.933. The summed E-state index contributed by atoms with van der Waals surface area (Å²) in [5.41, 5.74) is 2.88. The molecule has 0 saturated heterocycles. The van der Waals surface area contributed by atoms with E-state index in [1.807, 2.05) is 37.3 Å². The fourth-order valence-corrected chi connectivity index (χ4v) is 2.41. The quantitative estimate of drug-likeness (QED) is 0.897. The zero-order chi connectivity index (χ0) is 13.2. The van der Waals surface area contributed by atoms with Gasteiger partial charge in [0.1, 0.15) is 5.76 Å². The first-order chi connectivity index (χ1) is 9.25. The van der Waals surface area contributed by atoms with Gasteiger partial charge in [0.2, 0.25) is 0 Å². The van der Waals surface area contributed by atoms with Crippen molar-refractivity contribution in [3.63, 3.8) is 0 Å². The summed E-state index contributed by atoms with van der Waals surface area (Å²) in [5, 5.41) is 2.92. The molecule has 4 nitrogen and oxygen atoms in total. The normalized spacial score (nSPS) is 14.8. The molecule has 2 heterocycles. The van der Waals surface area contributed by atoms with E-state index in [0.29, 0.717) is 6.54 Å². The Kier molecular flexibility index (Phi) is 2.99. The fraction of sp³-hybridized carbons (Fsp3) is 0.267. The number of fused-ring (bicyclic) bond motifs is 1. The third kappa shape index (κ3) is 2.21. The molecule has 0 aliphatic carbocycles. The van der Waals surface area contributed by atoms with Crippen molar-refractivity contribution in [2.75, 3.05) is 18.0 Å².